The topological polar surface area (TPSA) is 75.4 Å². The van der Waals surface area contributed by atoms with Crippen LogP contribution in [0.4, 0.5) is 5.69 Å². The van der Waals surface area contributed by atoms with Gasteiger partial charge >= 0.3 is 0 Å². The molecule has 0 aliphatic heterocycles. The molecule has 0 heterocycles. The first-order valence-corrected chi connectivity index (χ1v) is 6.36. The molecule has 104 valence electrons. The van der Waals surface area contributed by atoms with Crippen LogP contribution in [0.2, 0.25) is 0 Å². The average Bonchev–Trinajstić information content (AvgIpc) is 2.38. The van der Waals surface area contributed by atoms with E-state index < -0.39 is 0 Å². The maximum Gasteiger partial charge on any atom is 0.253 e. The van der Waals surface area contributed by atoms with Gasteiger partial charge in [-0.05, 0) is 37.6 Å². The molecule has 1 rings (SSSR count). The van der Waals surface area contributed by atoms with Gasteiger partial charge in [-0.25, -0.2) is 0 Å². The molecule has 2 amide bonds. The van der Waals surface area contributed by atoms with Crippen molar-refractivity contribution in [1.82, 2.24) is 4.90 Å². The molecule has 5 heteroatoms. The zero-order chi connectivity index (χ0) is 14.3. The summed E-state index contributed by atoms with van der Waals surface area (Å²) in [5.74, 6) is -0.137. The maximum atomic E-state index is 11.8. The number of carbonyl (C=O) groups is 2. The third kappa shape index (κ3) is 5.09. The summed E-state index contributed by atoms with van der Waals surface area (Å²) in [6, 6.07) is 6.94. The van der Waals surface area contributed by atoms with Crippen LogP contribution in [-0.2, 0) is 4.79 Å². The van der Waals surface area contributed by atoms with E-state index in [1.165, 1.54) is 4.90 Å². The van der Waals surface area contributed by atoms with Crippen molar-refractivity contribution in [3.8, 4) is 0 Å². The molecule has 1 aromatic carbocycles. The van der Waals surface area contributed by atoms with Crippen LogP contribution in [-0.4, -0.2) is 37.4 Å². The van der Waals surface area contributed by atoms with Gasteiger partial charge in [0.2, 0.25) is 5.91 Å². The molecule has 0 atom stereocenters. The fourth-order valence-corrected chi connectivity index (χ4v) is 1.64. The predicted octanol–water partition coefficient (Wildman–Crippen LogP) is 1.46. The molecule has 0 aliphatic carbocycles. The summed E-state index contributed by atoms with van der Waals surface area (Å²) in [4.78, 5) is 24.9. The molecule has 0 bridgehead atoms. The Kier molecular flexibility index (Phi) is 6.02. The zero-order valence-corrected chi connectivity index (χ0v) is 11.5. The van der Waals surface area contributed by atoms with Gasteiger partial charge in [0, 0.05) is 31.8 Å². The second-order valence-corrected chi connectivity index (χ2v) is 4.57. The molecule has 0 fully saturated rings. The Balaban J connectivity index is 2.62. The normalized spacial score (nSPS) is 10.1. The number of nitrogens with two attached hydrogens (primary N) is 1. The maximum absolute atomic E-state index is 11.8. The summed E-state index contributed by atoms with van der Waals surface area (Å²) in [5.41, 5.74) is 6.58. The Bertz CT molecular complexity index is 444. The monoisotopic (exact) mass is 263 g/mol. The van der Waals surface area contributed by atoms with E-state index in [9.17, 15) is 9.59 Å². The lowest BCUT2D eigenvalue weighted by Gasteiger charge is -2.11. The molecule has 5 nitrogen and oxygen atoms in total. The second kappa shape index (κ2) is 7.53. The van der Waals surface area contributed by atoms with Gasteiger partial charge in [0.05, 0.1) is 0 Å². The van der Waals surface area contributed by atoms with Crippen molar-refractivity contribution in [2.75, 3.05) is 26.0 Å². The lowest BCUT2D eigenvalue weighted by Crippen LogP contribution is -2.21. The van der Waals surface area contributed by atoms with Crippen molar-refractivity contribution in [1.29, 1.82) is 0 Å². The molecule has 0 radical (unpaired) electrons. The smallest absolute Gasteiger partial charge is 0.253 e. The van der Waals surface area contributed by atoms with Crippen molar-refractivity contribution in [2.24, 2.45) is 5.73 Å². The lowest BCUT2D eigenvalue weighted by molar-refractivity contribution is -0.116. The highest BCUT2D eigenvalue weighted by molar-refractivity contribution is 5.96. The van der Waals surface area contributed by atoms with E-state index in [4.69, 9.17) is 5.73 Å². The van der Waals surface area contributed by atoms with Crippen LogP contribution >= 0.6 is 0 Å². The number of nitrogens with zero attached hydrogens (tertiary/aromatic N) is 1. The molecule has 0 spiro atoms. The molecule has 0 aliphatic rings. The second-order valence-electron chi connectivity index (χ2n) is 4.57. The summed E-state index contributed by atoms with van der Waals surface area (Å²) in [6.45, 7) is 0.597. The highest BCUT2D eigenvalue weighted by Gasteiger charge is 2.09. The van der Waals surface area contributed by atoms with Crippen LogP contribution in [0, 0.1) is 0 Å². The summed E-state index contributed by atoms with van der Waals surface area (Å²) in [5, 5.41) is 2.78. The quantitative estimate of drug-likeness (QED) is 0.763. The number of amides is 2. The van der Waals surface area contributed by atoms with E-state index in [2.05, 4.69) is 5.32 Å². The van der Waals surface area contributed by atoms with Gasteiger partial charge in [0.1, 0.15) is 0 Å². The highest BCUT2D eigenvalue weighted by Crippen LogP contribution is 2.12. The summed E-state index contributed by atoms with van der Waals surface area (Å²) >= 11 is 0. The SMILES string of the molecule is CN(C)C(=O)c1cccc(NC(=O)CCCCN)c1. The van der Waals surface area contributed by atoms with Crippen LogP contribution in [0.25, 0.3) is 0 Å². The Morgan fingerprint density at radius 1 is 1.26 bits per heavy atom. The molecule has 1 aromatic rings. The minimum atomic E-state index is -0.0840. The number of unbranched alkanes of at least 4 members (excludes halogenated alkanes) is 1. The standard InChI is InChI=1S/C14H21N3O2/c1-17(2)14(19)11-6-5-7-12(10-11)16-13(18)8-3-4-9-15/h5-7,10H,3-4,8-9,15H2,1-2H3,(H,16,18). The van der Waals surface area contributed by atoms with Gasteiger partial charge in [-0.15, -0.1) is 0 Å². The zero-order valence-electron chi connectivity index (χ0n) is 11.5. The van der Waals surface area contributed by atoms with Crippen molar-refractivity contribution < 1.29 is 9.59 Å². The number of benzene rings is 1. The molecule has 19 heavy (non-hydrogen) atoms. The summed E-state index contributed by atoms with van der Waals surface area (Å²) < 4.78 is 0. The molecule has 0 saturated carbocycles. The Hall–Kier alpha value is -1.88. The van der Waals surface area contributed by atoms with E-state index in [1.807, 2.05) is 0 Å². The minimum Gasteiger partial charge on any atom is -0.345 e. The third-order valence-corrected chi connectivity index (χ3v) is 2.66. The van der Waals surface area contributed by atoms with Gasteiger partial charge in [-0.3, -0.25) is 9.59 Å². The number of hydrogen-bond acceptors (Lipinski definition) is 3. The van der Waals surface area contributed by atoms with Crippen LogP contribution in [0.5, 0.6) is 0 Å². The van der Waals surface area contributed by atoms with Crippen molar-refractivity contribution in [2.45, 2.75) is 19.3 Å². The van der Waals surface area contributed by atoms with Gasteiger partial charge in [-0.2, -0.15) is 0 Å². The first kappa shape index (κ1) is 15.2. The van der Waals surface area contributed by atoms with Crippen LogP contribution in [0.1, 0.15) is 29.6 Å². The Labute approximate surface area is 113 Å². The molecule has 0 saturated heterocycles. The van der Waals surface area contributed by atoms with E-state index in [0.717, 1.165) is 12.8 Å². The molecule has 0 unspecified atom stereocenters. The Morgan fingerprint density at radius 3 is 2.63 bits per heavy atom. The summed E-state index contributed by atoms with van der Waals surface area (Å²) in [7, 11) is 3.39. The van der Waals surface area contributed by atoms with E-state index in [-0.39, 0.29) is 11.8 Å². The highest BCUT2D eigenvalue weighted by atomic mass is 16.2. The molecule has 3 N–H and O–H groups in total. The first-order valence-electron chi connectivity index (χ1n) is 6.36. The largest absolute Gasteiger partial charge is 0.345 e. The average molecular weight is 263 g/mol. The van der Waals surface area contributed by atoms with Crippen LogP contribution in [0.15, 0.2) is 24.3 Å². The van der Waals surface area contributed by atoms with Crippen molar-refractivity contribution in [3.63, 3.8) is 0 Å². The molecule has 0 aromatic heterocycles. The molecular weight excluding hydrogens is 242 g/mol. The predicted molar refractivity (Wildman–Crippen MR) is 76.0 cm³/mol. The van der Waals surface area contributed by atoms with E-state index in [0.29, 0.717) is 24.2 Å². The third-order valence-electron chi connectivity index (χ3n) is 2.66. The first-order chi connectivity index (χ1) is 9.04. The minimum absolute atomic E-state index is 0.0529. The number of hydrogen-bond donors (Lipinski definition) is 2. The van der Waals surface area contributed by atoms with Gasteiger partial charge in [-0.1, -0.05) is 6.07 Å². The van der Waals surface area contributed by atoms with Crippen LogP contribution in [0.3, 0.4) is 0 Å². The van der Waals surface area contributed by atoms with E-state index in [1.54, 1.807) is 38.4 Å². The van der Waals surface area contributed by atoms with Crippen molar-refractivity contribution in [3.05, 3.63) is 29.8 Å². The fourth-order valence-electron chi connectivity index (χ4n) is 1.64. The number of nitrogens with one attached hydrogen (secondary N) is 1. The number of anilines is 1. The Morgan fingerprint density at radius 2 is 2.00 bits per heavy atom. The fraction of sp³-hybridized carbons (Fsp3) is 0.429. The number of rotatable bonds is 6. The van der Waals surface area contributed by atoms with Crippen LogP contribution < -0.4 is 11.1 Å². The number of carbonyl (C=O) groups excluding carboxylic acids is 2. The van der Waals surface area contributed by atoms with E-state index >= 15 is 0 Å². The van der Waals surface area contributed by atoms with Gasteiger partial charge in [0.25, 0.3) is 5.91 Å². The van der Waals surface area contributed by atoms with Gasteiger partial charge < -0.3 is 16.0 Å². The van der Waals surface area contributed by atoms with Crippen molar-refractivity contribution >= 4 is 17.5 Å². The van der Waals surface area contributed by atoms with Gasteiger partial charge in [0.15, 0.2) is 0 Å². The lowest BCUT2D eigenvalue weighted by atomic mass is 10.1. The molecular formula is C14H21N3O2. The summed E-state index contributed by atoms with van der Waals surface area (Å²) in [6.07, 6.45) is 2.06.